The number of halogens is 1. The van der Waals surface area contributed by atoms with Gasteiger partial charge in [-0.25, -0.2) is 8.42 Å². The second-order valence-corrected chi connectivity index (χ2v) is 8.49. The monoisotopic (exact) mass is 355 g/mol. The van der Waals surface area contributed by atoms with Gasteiger partial charge in [-0.05, 0) is 36.6 Å². The lowest BCUT2D eigenvalue weighted by molar-refractivity contribution is -0.127. The molecule has 1 unspecified atom stereocenters. The minimum atomic E-state index is -3.00. The summed E-state index contributed by atoms with van der Waals surface area (Å²) < 4.78 is 23.4. The van der Waals surface area contributed by atoms with E-state index < -0.39 is 9.84 Å². The Hall–Kier alpha value is -1.33. The number of unbranched alkanes of at least 4 members (excludes halogenated alkanes) is 1. The molecule has 0 spiro atoms. The first-order valence-electron chi connectivity index (χ1n) is 7.86. The van der Waals surface area contributed by atoms with Crippen LogP contribution in [-0.4, -0.2) is 43.3 Å². The third kappa shape index (κ3) is 5.36. The van der Waals surface area contributed by atoms with E-state index in [0.717, 1.165) is 18.4 Å². The number of sulfone groups is 1. The number of benzene rings is 1. The first-order valence-corrected chi connectivity index (χ1v) is 10.1. The Bertz CT molecular complexity index is 668. The van der Waals surface area contributed by atoms with Crippen LogP contribution < -0.4 is 0 Å². The second-order valence-electron chi connectivity index (χ2n) is 5.83. The molecule has 23 heavy (non-hydrogen) atoms. The highest BCUT2D eigenvalue weighted by Gasteiger charge is 2.33. The van der Waals surface area contributed by atoms with Crippen molar-refractivity contribution in [2.75, 3.05) is 18.1 Å². The standard InChI is InChI=1S/C17H22ClNO3S/c1-2-3-11-19(16-10-12-23(21,22)13-16)17(20)9-6-14-4-7-15(18)8-5-14/h4-9,16H,2-3,10-13H2,1H3. The van der Waals surface area contributed by atoms with E-state index in [-0.39, 0.29) is 23.5 Å². The number of amides is 1. The van der Waals surface area contributed by atoms with Crippen molar-refractivity contribution in [3.05, 3.63) is 40.9 Å². The van der Waals surface area contributed by atoms with Crippen LogP contribution in [0.3, 0.4) is 0 Å². The van der Waals surface area contributed by atoms with Crippen molar-refractivity contribution >= 4 is 33.4 Å². The van der Waals surface area contributed by atoms with E-state index in [4.69, 9.17) is 11.6 Å². The fraction of sp³-hybridized carbons (Fsp3) is 0.471. The Balaban J connectivity index is 2.08. The van der Waals surface area contributed by atoms with Gasteiger partial charge < -0.3 is 4.90 Å². The molecule has 126 valence electrons. The quantitative estimate of drug-likeness (QED) is 0.736. The Labute approximate surface area is 143 Å². The van der Waals surface area contributed by atoms with Gasteiger partial charge in [0, 0.05) is 23.7 Å². The van der Waals surface area contributed by atoms with Gasteiger partial charge in [-0.1, -0.05) is 37.1 Å². The van der Waals surface area contributed by atoms with Gasteiger partial charge in [-0.3, -0.25) is 4.79 Å². The minimum absolute atomic E-state index is 0.0806. The van der Waals surface area contributed by atoms with Crippen molar-refractivity contribution in [2.24, 2.45) is 0 Å². The Morgan fingerprint density at radius 1 is 1.35 bits per heavy atom. The van der Waals surface area contributed by atoms with Gasteiger partial charge >= 0.3 is 0 Å². The molecular weight excluding hydrogens is 334 g/mol. The average molecular weight is 356 g/mol. The SMILES string of the molecule is CCCCN(C(=O)C=Cc1ccc(Cl)cc1)C1CCS(=O)(=O)C1. The fourth-order valence-corrected chi connectivity index (χ4v) is 4.52. The van der Waals surface area contributed by atoms with Crippen molar-refractivity contribution in [3.63, 3.8) is 0 Å². The largest absolute Gasteiger partial charge is 0.335 e. The highest BCUT2D eigenvalue weighted by Crippen LogP contribution is 2.19. The zero-order valence-electron chi connectivity index (χ0n) is 13.2. The molecule has 2 rings (SSSR count). The molecule has 1 fully saturated rings. The van der Waals surface area contributed by atoms with Crippen LogP contribution in [0.25, 0.3) is 6.08 Å². The lowest BCUT2D eigenvalue weighted by Crippen LogP contribution is -2.40. The number of carbonyl (C=O) groups is 1. The maximum atomic E-state index is 12.5. The summed E-state index contributed by atoms with van der Waals surface area (Å²) in [7, 11) is -3.00. The van der Waals surface area contributed by atoms with Gasteiger partial charge in [0.05, 0.1) is 11.5 Å². The highest BCUT2D eigenvalue weighted by molar-refractivity contribution is 7.91. The summed E-state index contributed by atoms with van der Waals surface area (Å²) in [5.41, 5.74) is 0.886. The maximum Gasteiger partial charge on any atom is 0.246 e. The fourth-order valence-electron chi connectivity index (χ4n) is 2.66. The Kier molecular flexibility index (Phi) is 6.25. The zero-order chi connectivity index (χ0) is 16.9. The van der Waals surface area contributed by atoms with E-state index in [9.17, 15) is 13.2 Å². The van der Waals surface area contributed by atoms with Crippen molar-refractivity contribution in [1.82, 2.24) is 4.90 Å². The van der Waals surface area contributed by atoms with Crippen LogP contribution in [0, 0.1) is 0 Å². The highest BCUT2D eigenvalue weighted by atomic mass is 35.5. The molecule has 1 aromatic carbocycles. The number of nitrogens with zero attached hydrogens (tertiary/aromatic N) is 1. The van der Waals surface area contributed by atoms with Crippen molar-refractivity contribution in [1.29, 1.82) is 0 Å². The first-order chi connectivity index (χ1) is 10.9. The van der Waals surface area contributed by atoms with Gasteiger partial charge in [0.25, 0.3) is 0 Å². The predicted molar refractivity (Wildman–Crippen MR) is 94.2 cm³/mol. The van der Waals surface area contributed by atoms with E-state index >= 15 is 0 Å². The molecule has 1 aliphatic heterocycles. The van der Waals surface area contributed by atoms with E-state index in [2.05, 4.69) is 6.92 Å². The van der Waals surface area contributed by atoms with Crippen molar-refractivity contribution in [3.8, 4) is 0 Å². The number of carbonyl (C=O) groups excluding carboxylic acids is 1. The molecule has 0 aliphatic carbocycles. The van der Waals surface area contributed by atoms with E-state index in [1.165, 1.54) is 6.08 Å². The number of hydrogen-bond donors (Lipinski definition) is 0. The summed E-state index contributed by atoms with van der Waals surface area (Å²) in [5.74, 6) is 0.126. The predicted octanol–water partition coefficient (Wildman–Crippen LogP) is 3.17. The van der Waals surface area contributed by atoms with E-state index in [1.54, 1.807) is 23.1 Å². The third-order valence-electron chi connectivity index (χ3n) is 3.97. The van der Waals surface area contributed by atoms with Crippen LogP contribution in [0.2, 0.25) is 5.02 Å². The lowest BCUT2D eigenvalue weighted by Gasteiger charge is -2.27. The summed E-state index contributed by atoms with van der Waals surface area (Å²) in [6.45, 7) is 2.65. The van der Waals surface area contributed by atoms with Crippen molar-refractivity contribution in [2.45, 2.75) is 32.2 Å². The molecule has 1 aromatic rings. The molecule has 6 heteroatoms. The van der Waals surface area contributed by atoms with Gasteiger partial charge in [0.1, 0.15) is 0 Å². The topological polar surface area (TPSA) is 54.5 Å². The second kappa shape index (κ2) is 7.97. The molecule has 1 saturated heterocycles. The summed E-state index contributed by atoms with van der Waals surface area (Å²) in [4.78, 5) is 14.2. The minimum Gasteiger partial charge on any atom is -0.335 e. The molecule has 4 nitrogen and oxygen atoms in total. The van der Waals surface area contributed by atoms with Crippen molar-refractivity contribution < 1.29 is 13.2 Å². The first kappa shape index (κ1) is 18.0. The maximum absolute atomic E-state index is 12.5. The molecule has 0 aromatic heterocycles. The van der Waals surface area contributed by atoms with Crippen LogP contribution in [-0.2, 0) is 14.6 Å². The van der Waals surface area contributed by atoms with Crippen LogP contribution in [0.15, 0.2) is 30.3 Å². The molecule has 0 saturated carbocycles. The molecule has 0 radical (unpaired) electrons. The molecule has 0 bridgehead atoms. The van der Waals surface area contributed by atoms with E-state index in [0.29, 0.717) is 18.0 Å². The van der Waals surface area contributed by atoms with Crippen LogP contribution in [0.4, 0.5) is 0 Å². The van der Waals surface area contributed by atoms with Crippen LogP contribution in [0.5, 0.6) is 0 Å². The average Bonchev–Trinajstić information content (AvgIpc) is 2.87. The van der Waals surface area contributed by atoms with Gasteiger partial charge in [-0.15, -0.1) is 0 Å². The Morgan fingerprint density at radius 3 is 2.61 bits per heavy atom. The Morgan fingerprint density at radius 2 is 2.04 bits per heavy atom. The summed E-state index contributed by atoms with van der Waals surface area (Å²) in [5, 5.41) is 0.647. The van der Waals surface area contributed by atoms with Crippen LogP contribution in [0.1, 0.15) is 31.7 Å². The van der Waals surface area contributed by atoms with E-state index in [1.807, 2.05) is 12.1 Å². The van der Waals surface area contributed by atoms with Gasteiger partial charge in [0.2, 0.25) is 5.91 Å². The smallest absolute Gasteiger partial charge is 0.246 e. The molecule has 1 atom stereocenters. The normalized spacial score (nSPS) is 20.0. The van der Waals surface area contributed by atoms with Gasteiger partial charge in [-0.2, -0.15) is 0 Å². The van der Waals surface area contributed by atoms with Crippen LogP contribution >= 0.6 is 11.6 Å². The number of hydrogen-bond acceptors (Lipinski definition) is 3. The molecule has 0 N–H and O–H groups in total. The zero-order valence-corrected chi connectivity index (χ0v) is 14.8. The number of rotatable bonds is 6. The molecule has 1 amide bonds. The third-order valence-corrected chi connectivity index (χ3v) is 5.98. The summed E-state index contributed by atoms with van der Waals surface area (Å²) >= 11 is 5.84. The summed E-state index contributed by atoms with van der Waals surface area (Å²) in [6.07, 6.45) is 5.62. The molecule has 1 aliphatic rings. The van der Waals surface area contributed by atoms with Gasteiger partial charge in [0.15, 0.2) is 9.84 Å². The molecule has 1 heterocycles. The summed E-state index contributed by atoms with van der Waals surface area (Å²) in [6, 6.07) is 7.01. The lowest BCUT2D eigenvalue weighted by atomic mass is 10.1. The molecular formula is C17H22ClNO3S.